The number of ether oxygens (including phenoxy) is 11. The van der Waals surface area contributed by atoms with Crippen LogP contribution in [0.5, 0.6) is 23.0 Å². The first-order valence-corrected chi connectivity index (χ1v) is 49.8. The number of hydrogen-bond acceptors (Lipinski definition) is 19. The molecule has 2 heterocycles. The minimum Gasteiger partial charge on any atom is -0.491 e. The number of rotatable bonds is 45. The molecule has 10 atom stereocenters. The average molecular weight is 1960 g/mol. The van der Waals surface area contributed by atoms with Gasteiger partial charge in [-0.3, -0.25) is 38.4 Å². The SMILES string of the molecule is C#Cc1ccc(OC2C(C)(C)C(NC(=O)c3ccc(OCCOCCOCCOCCO[C@@H]4Cc5ccccc5[C@@H]4NC(=O)[C@@H]4CCCN4C(=O)[C@@H](NC(=O)[C@H](C)CC)C(C)(C)C)cc3)C2(C)C)cc1Cl.C#Cc1ccc(OC2C(C)(C)C(NC(=O)c3ccc(OCCOCCOCCO[C@@H]4Cc5ccccc5[C@@H]4NC(=O)[C@@H]4CCCN4C(=O)[C@@H](NC(=O)[C@H](C)CC)C(C)(C)C)cc3)C2(C)C)cc1Cl. The summed E-state index contributed by atoms with van der Waals surface area (Å²) in [6.45, 7) is 41.8. The number of terminal acetylenes is 2. The van der Waals surface area contributed by atoms with Crippen LogP contribution < -0.4 is 50.8 Å². The molecule has 0 radical (unpaired) electrons. The standard InChI is InChI=1S/C56H75ClN4O10.C54H71ClN4O9/c1-11-36(3)48(62)59-47(54(4,5)6)51(65)61-25-15-18-44(61)50(64)58-46-42-17-14-13-16-39(42)34-45(46)70-33-31-68-29-27-66-26-28-67-30-32-69-40-22-20-38(21-23-40)49(63)60-52-55(7,8)53(56(52,9)10)71-41-24-19-37(12-2)43(57)35-41;1-11-34(3)46(60)57-45(52(4,5)6)49(63)59-25-15-18-42(59)48(62)56-44-40-17-14-13-16-37(40)32-43(44)67-31-29-65-27-26-64-28-30-66-38-22-20-36(21-23-38)47(61)58-50-53(7,8)51(54(50,9)10)68-39-24-19-35(12-2)41(55)33-39/h2,13-14,16-17,19-24,35-36,44-47,52-53H,11,15,18,25-34H2,1,3-10H3,(H,58,64)(H,59,62)(H,60,63);2,13-14,16-17,19-24,33-34,42-45,50-51H,11,15,18,25-32H2,1,3-10H3,(H,56,62)(H,57,60)(H,58,61)/t36-,44+,45-,46+,47-,52?,53?;34-,42+,43-,44+,45-,50?,51?/m11/s1. The number of fused-ring (bicyclic) bond motifs is 2. The topological polar surface area (TPSA) is 317 Å². The number of amides is 8. The van der Waals surface area contributed by atoms with E-state index in [4.69, 9.17) is 88.2 Å². The van der Waals surface area contributed by atoms with Crippen molar-refractivity contribution in [2.45, 2.75) is 249 Å². The summed E-state index contributed by atoms with van der Waals surface area (Å²) in [5.41, 5.74) is 3.99. The zero-order valence-electron chi connectivity index (χ0n) is 84.3. The van der Waals surface area contributed by atoms with Gasteiger partial charge < -0.3 is 93.8 Å². The van der Waals surface area contributed by atoms with Crippen molar-refractivity contribution in [3.8, 4) is 47.7 Å². The van der Waals surface area contributed by atoms with Gasteiger partial charge in [-0.25, -0.2) is 0 Å². The molecule has 4 aliphatic carbocycles. The predicted molar refractivity (Wildman–Crippen MR) is 536 cm³/mol. The molecule has 6 N–H and O–H groups in total. The highest BCUT2D eigenvalue weighted by Gasteiger charge is 2.66. The van der Waals surface area contributed by atoms with Crippen LogP contribution in [0.25, 0.3) is 0 Å². The molecule has 8 amide bonds. The van der Waals surface area contributed by atoms with Gasteiger partial charge in [0.05, 0.1) is 114 Å². The third kappa shape index (κ3) is 27.5. The van der Waals surface area contributed by atoms with Crippen molar-refractivity contribution in [2.24, 2.45) is 44.3 Å². The molecule has 29 heteroatoms. The molecule has 27 nitrogen and oxygen atoms in total. The van der Waals surface area contributed by atoms with Crippen LogP contribution >= 0.6 is 23.2 Å². The average Bonchev–Trinajstić information content (AvgIpc) is 1.15. The smallest absolute Gasteiger partial charge is 0.251 e. The summed E-state index contributed by atoms with van der Waals surface area (Å²) in [7, 11) is 0. The molecule has 2 saturated heterocycles. The van der Waals surface area contributed by atoms with Crippen LogP contribution in [-0.4, -0.2) is 223 Å². The monoisotopic (exact) mass is 1950 g/mol. The van der Waals surface area contributed by atoms with Crippen LogP contribution in [0.4, 0.5) is 0 Å². The Morgan fingerprint density at radius 3 is 1.06 bits per heavy atom. The lowest BCUT2D eigenvalue weighted by Gasteiger charge is -2.63. The first kappa shape index (κ1) is 109. The van der Waals surface area contributed by atoms with Crippen molar-refractivity contribution in [1.82, 2.24) is 41.7 Å². The van der Waals surface area contributed by atoms with Crippen LogP contribution in [-0.2, 0) is 74.8 Å². The lowest BCUT2D eigenvalue weighted by Crippen LogP contribution is -2.74. The third-order valence-electron chi connectivity index (χ3n) is 27.9. The predicted octanol–water partition coefficient (Wildman–Crippen LogP) is 15.4. The molecule has 12 rings (SSSR count). The first-order valence-electron chi connectivity index (χ1n) is 49.1. The van der Waals surface area contributed by atoms with E-state index in [1.165, 1.54) is 0 Å². The third-order valence-corrected chi connectivity index (χ3v) is 28.6. The number of likely N-dealkylation sites (tertiary alicyclic amines) is 2. The highest BCUT2D eigenvalue weighted by molar-refractivity contribution is 6.32. The fraction of sp³-hybridized carbons (Fsp3) is 0.564. The van der Waals surface area contributed by atoms with Crippen molar-refractivity contribution in [1.29, 1.82) is 0 Å². The molecule has 6 aromatic rings. The van der Waals surface area contributed by atoms with Gasteiger partial charge in [0.15, 0.2) is 0 Å². The number of carbonyl (C=O) groups is 8. The summed E-state index contributed by atoms with van der Waals surface area (Å²) in [4.78, 5) is 112. The summed E-state index contributed by atoms with van der Waals surface area (Å²) in [5.74, 6) is 5.63. The first-order chi connectivity index (χ1) is 66.0. The van der Waals surface area contributed by atoms with Crippen molar-refractivity contribution in [3.63, 3.8) is 0 Å². The molecule has 6 aliphatic rings. The highest BCUT2D eigenvalue weighted by Crippen LogP contribution is 2.57. The van der Waals surface area contributed by atoms with Gasteiger partial charge in [-0.1, -0.05) is 208 Å². The van der Waals surface area contributed by atoms with Crippen molar-refractivity contribution < 1.29 is 90.5 Å². The Kier molecular flexibility index (Phi) is 38.4. The Morgan fingerprint density at radius 1 is 0.432 bits per heavy atom. The van der Waals surface area contributed by atoms with Gasteiger partial charge in [-0.05, 0) is 144 Å². The Balaban J connectivity index is 0.000000266. The van der Waals surface area contributed by atoms with E-state index in [2.05, 4.69) is 105 Å². The molecule has 0 unspecified atom stereocenters. The Morgan fingerprint density at radius 2 is 0.748 bits per heavy atom. The van der Waals surface area contributed by atoms with Crippen LogP contribution in [0.1, 0.15) is 229 Å². The van der Waals surface area contributed by atoms with Crippen LogP contribution in [0.15, 0.2) is 133 Å². The zero-order valence-corrected chi connectivity index (χ0v) is 85.8. The minimum atomic E-state index is -0.755. The van der Waals surface area contributed by atoms with Crippen LogP contribution in [0.2, 0.25) is 10.0 Å². The molecular weight excluding hydrogens is 1810 g/mol. The molecular formula is C110H146Cl2N8O19. The van der Waals surface area contributed by atoms with Gasteiger partial charge in [0.2, 0.25) is 35.4 Å². The zero-order chi connectivity index (χ0) is 101. The van der Waals surface area contributed by atoms with E-state index < -0.39 is 35.0 Å². The van der Waals surface area contributed by atoms with E-state index in [1.807, 2.05) is 124 Å². The van der Waals surface area contributed by atoms with E-state index in [0.29, 0.717) is 212 Å². The van der Waals surface area contributed by atoms with Gasteiger partial charge in [-0.15, -0.1) is 12.8 Å². The molecule has 2 aliphatic heterocycles. The summed E-state index contributed by atoms with van der Waals surface area (Å²) in [6, 6.07) is 36.9. The lowest BCUT2D eigenvalue weighted by atomic mass is 9.49. The van der Waals surface area contributed by atoms with E-state index in [9.17, 15) is 38.4 Å². The Labute approximate surface area is 832 Å². The maximum absolute atomic E-state index is 14.0. The number of carbonyl (C=O) groups excluding carboxylic acids is 8. The van der Waals surface area contributed by atoms with Crippen molar-refractivity contribution >= 4 is 70.5 Å². The van der Waals surface area contributed by atoms with Gasteiger partial charge in [-0.2, -0.15) is 0 Å². The molecule has 0 spiro atoms. The van der Waals surface area contributed by atoms with Gasteiger partial charge in [0.25, 0.3) is 11.8 Å². The quantitative estimate of drug-likeness (QED) is 0.0153. The number of nitrogens with one attached hydrogen (secondary N) is 6. The largest absolute Gasteiger partial charge is 0.491 e. The van der Waals surface area contributed by atoms with Gasteiger partial charge in [0, 0.05) is 106 Å². The molecule has 0 bridgehead atoms. The van der Waals surface area contributed by atoms with Crippen molar-refractivity contribution in [2.75, 3.05) is 106 Å². The van der Waals surface area contributed by atoms with Gasteiger partial charge in [0.1, 0.15) is 72.6 Å². The molecule has 2 saturated carbocycles. The Bertz CT molecular complexity index is 5240. The Hall–Kier alpha value is -10.3. The molecule has 0 aromatic heterocycles. The van der Waals surface area contributed by atoms with E-state index >= 15 is 0 Å². The van der Waals surface area contributed by atoms with E-state index in [0.717, 1.165) is 22.3 Å². The van der Waals surface area contributed by atoms with Gasteiger partial charge >= 0.3 is 0 Å². The second kappa shape index (κ2) is 48.9. The van der Waals surface area contributed by atoms with Crippen LogP contribution in [0.3, 0.4) is 0 Å². The molecule has 754 valence electrons. The maximum Gasteiger partial charge on any atom is 0.251 e. The van der Waals surface area contributed by atoms with E-state index in [-0.39, 0.29) is 129 Å². The lowest BCUT2D eigenvalue weighted by molar-refractivity contribution is -0.164. The normalized spacial score (nSPS) is 22.0. The molecule has 4 fully saturated rings. The summed E-state index contributed by atoms with van der Waals surface area (Å²) in [6.07, 6.45) is 15.2. The summed E-state index contributed by atoms with van der Waals surface area (Å²) in [5, 5.41) is 19.8. The summed E-state index contributed by atoms with van der Waals surface area (Å²) < 4.78 is 65.8. The highest BCUT2D eigenvalue weighted by atomic mass is 35.5. The number of hydrogen-bond donors (Lipinski definition) is 6. The van der Waals surface area contributed by atoms with E-state index in [1.54, 1.807) is 82.6 Å². The fourth-order valence-electron chi connectivity index (χ4n) is 20.3. The second-order valence-electron chi connectivity index (χ2n) is 41.7. The number of halogens is 2. The van der Waals surface area contributed by atoms with Crippen molar-refractivity contribution in [3.05, 3.63) is 188 Å². The fourth-order valence-corrected chi connectivity index (χ4v) is 20.8. The van der Waals surface area contributed by atoms with Crippen LogP contribution in [0, 0.1) is 69.0 Å². The maximum atomic E-state index is 14.0. The number of nitrogens with zero attached hydrogens (tertiary/aromatic N) is 2. The molecule has 139 heavy (non-hydrogen) atoms. The summed E-state index contributed by atoms with van der Waals surface area (Å²) >= 11 is 12.6. The molecule has 6 aromatic carbocycles. The minimum absolute atomic E-state index is 0.140. The number of benzene rings is 6. The second-order valence-corrected chi connectivity index (χ2v) is 42.5.